The molecule has 0 aliphatic carbocycles. The van der Waals surface area contributed by atoms with Gasteiger partial charge in [0.2, 0.25) is 0 Å². The summed E-state index contributed by atoms with van der Waals surface area (Å²) in [6, 6.07) is 5.55. The van der Waals surface area contributed by atoms with Gasteiger partial charge in [0.05, 0.1) is 4.90 Å². The van der Waals surface area contributed by atoms with Gasteiger partial charge < -0.3 is 0 Å². The third kappa shape index (κ3) is 17.6. The number of benzene rings is 1. The van der Waals surface area contributed by atoms with Crippen LogP contribution in [0.15, 0.2) is 23.1 Å². The van der Waals surface area contributed by atoms with Gasteiger partial charge in [-0.2, -0.15) is 8.42 Å². The van der Waals surface area contributed by atoms with Crippen molar-refractivity contribution in [1.29, 1.82) is 0 Å². The second kappa shape index (κ2) is 22.1. The molecule has 3 nitrogen and oxygen atoms in total. The van der Waals surface area contributed by atoms with E-state index in [0.29, 0.717) is 0 Å². The highest BCUT2D eigenvalue weighted by molar-refractivity contribution is 7.85. The lowest BCUT2D eigenvalue weighted by atomic mass is 9.99. The summed E-state index contributed by atoms with van der Waals surface area (Å²) in [5, 5.41) is 0. The molecule has 1 rings (SSSR count). The minimum absolute atomic E-state index is 0.109. The largest absolute Gasteiger partial charge is 0.294 e. The molecule has 1 N–H and O–H groups in total. The minimum atomic E-state index is -4.16. The van der Waals surface area contributed by atoms with Crippen LogP contribution in [0.5, 0.6) is 0 Å². The van der Waals surface area contributed by atoms with Crippen LogP contribution in [-0.2, 0) is 23.0 Å². The number of hydrogen-bond acceptors (Lipinski definition) is 2. The van der Waals surface area contributed by atoms with Gasteiger partial charge >= 0.3 is 0 Å². The van der Waals surface area contributed by atoms with E-state index < -0.39 is 10.1 Å². The normalized spacial score (nSPS) is 11.9. The topological polar surface area (TPSA) is 54.4 Å². The standard InChI is InChI=1S/C32H58O3S/c1-3-5-7-9-11-13-15-17-19-21-23-25-30-27-28-32(36(33,34)35)31(29-30)26-24-22-20-18-16-14-12-10-8-6-4-2/h27-29H,3-26H2,1-2H3,(H,33,34,35). The number of rotatable bonds is 25. The molecule has 0 saturated heterocycles. The van der Waals surface area contributed by atoms with Gasteiger partial charge in [-0.3, -0.25) is 4.55 Å². The summed E-state index contributed by atoms with van der Waals surface area (Å²) in [4.78, 5) is 0.109. The zero-order valence-electron chi connectivity index (χ0n) is 23.9. The summed E-state index contributed by atoms with van der Waals surface area (Å²) < 4.78 is 33.4. The van der Waals surface area contributed by atoms with Crippen LogP contribution in [0.25, 0.3) is 0 Å². The predicted molar refractivity (Wildman–Crippen MR) is 157 cm³/mol. The van der Waals surface area contributed by atoms with E-state index >= 15 is 0 Å². The van der Waals surface area contributed by atoms with Gasteiger partial charge in [-0.1, -0.05) is 154 Å². The Bertz CT molecular complexity index is 742. The lowest BCUT2D eigenvalue weighted by Gasteiger charge is -2.10. The molecule has 0 fully saturated rings. The SMILES string of the molecule is CCCCCCCCCCCCCc1ccc(S(=O)(=O)O)c(CCCCCCCCCCCCC)c1. The summed E-state index contributed by atoms with van der Waals surface area (Å²) in [5.74, 6) is 0. The number of hydrogen-bond donors (Lipinski definition) is 1. The molecule has 0 aliphatic rings. The molecule has 0 atom stereocenters. The van der Waals surface area contributed by atoms with Crippen molar-refractivity contribution in [3.05, 3.63) is 29.3 Å². The zero-order chi connectivity index (χ0) is 26.3. The van der Waals surface area contributed by atoms with Crippen LogP contribution < -0.4 is 0 Å². The van der Waals surface area contributed by atoms with E-state index in [4.69, 9.17) is 0 Å². The Hall–Kier alpha value is -0.870. The van der Waals surface area contributed by atoms with Crippen LogP contribution >= 0.6 is 0 Å². The molecule has 0 aliphatic heterocycles. The number of aryl methyl sites for hydroxylation is 2. The molecule has 0 bridgehead atoms. The van der Waals surface area contributed by atoms with E-state index in [1.165, 1.54) is 128 Å². The molecular weight excluding hydrogens is 464 g/mol. The molecule has 0 saturated carbocycles. The van der Waals surface area contributed by atoms with Crippen molar-refractivity contribution in [2.24, 2.45) is 0 Å². The molecule has 1 aromatic rings. The maximum atomic E-state index is 11.9. The molecule has 1 aromatic carbocycles. The Morgan fingerprint density at radius 2 is 0.889 bits per heavy atom. The molecule has 0 aromatic heterocycles. The Morgan fingerprint density at radius 3 is 1.28 bits per heavy atom. The Kier molecular flexibility index (Phi) is 20.4. The predicted octanol–water partition coefficient (Wildman–Crippen LogP) is 10.6. The highest BCUT2D eigenvalue weighted by Gasteiger charge is 2.15. The van der Waals surface area contributed by atoms with Gasteiger partial charge in [0.1, 0.15) is 0 Å². The molecular formula is C32H58O3S. The van der Waals surface area contributed by atoms with Crippen molar-refractivity contribution < 1.29 is 13.0 Å². The van der Waals surface area contributed by atoms with Crippen molar-refractivity contribution in [1.82, 2.24) is 0 Å². The monoisotopic (exact) mass is 522 g/mol. The molecule has 36 heavy (non-hydrogen) atoms. The van der Waals surface area contributed by atoms with Crippen molar-refractivity contribution in [3.63, 3.8) is 0 Å². The second-order valence-electron chi connectivity index (χ2n) is 11.0. The smallest absolute Gasteiger partial charge is 0.282 e. The summed E-state index contributed by atoms with van der Waals surface area (Å²) in [6.45, 7) is 4.53. The molecule has 210 valence electrons. The van der Waals surface area contributed by atoms with Crippen molar-refractivity contribution >= 4 is 10.1 Å². The van der Waals surface area contributed by atoms with Gasteiger partial charge in [0, 0.05) is 0 Å². The van der Waals surface area contributed by atoms with Crippen molar-refractivity contribution in [2.45, 2.75) is 173 Å². The minimum Gasteiger partial charge on any atom is -0.282 e. The van der Waals surface area contributed by atoms with Gasteiger partial charge in [0.15, 0.2) is 0 Å². The van der Waals surface area contributed by atoms with Crippen LogP contribution in [0.2, 0.25) is 0 Å². The molecule has 0 heterocycles. The van der Waals surface area contributed by atoms with Crippen LogP contribution in [0.3, 0.4) is 0 Å². The second-order valence-corrected chi connectivity index (χ2v) is 12.4. The lowest BCUT2D eigenvalue weighted by Crippen LogP contribution is -2.04. The van der Waals surface area contributed by atoms with E-state index in [2.05, 4.69) is 13.8 Å². The fraction of sp³-hybridized carbons (Fsp3) is 0.812. The summed E-state index contributed by atoms with van der Waals surface area (Å²) in [6.07, 6.45) is 30.4. The van der Waals surface area contributed by atoms with E-state index in [1.807, 2.05) is 12.1 Å². The van der Waals surface area contributed by atoms with E-state index in [9.17, 15) is 13.0 Å². The van der Waals surface area contributed by atoms with Crippen LogP contribution in [0.4, 0.5) is 0 Å². The molecule has 0 spiro atoms. The maximum Gasteiger partial charge on any atom is 0.294 e. The van der Waals surface area contributed by atoms with E-state index in [0.717, 1.165) is 37.7 Å². The first-order valence-corrected chi connectivity index (χ1v) is 17.0. The van der Waals surface area contributed by atoms with Crippen molar-refractivity contribution in [3.8, 4) is 0 Å². The third-order valence-electron chi connectivity index (χ3n) is 7.52. The highest BCUT2D eigenvalue weighted by atomic mass is 32.2. The van der Waals surface area contributed by atoms with Gasteiger partial charge in [-0.05, 0) is 42.9 Å². The quantitative estimate of drug-likeness (QED) is 0.103. The summed E-state index contributed by atoms with van der Waals surface area (Å²) in [5.41, 5.74) is 2.00. The van der Waals surface area contributed by atoms with Gasteiger partial charge in [-0.15, -0.1) is 0 Å². The number of unbranched alkanes of at least 4 members (excludes halogenated alkanes) is 20. The van der Waals surface area contributed by atoms with Gasteiger partial charge in [0.25, 0.3) is 10.1 Å². The third-order valence-corrected chi connectivity index (χ3v) is 8.48. The fourth-order valence-corrected chi connectivity index (χ4v) is 5.94. The van der Waals surface area contributed by atoms with E-state index in [-0.39, 0.29) is 4.90 Å². The van der Waals surface area contributed by atoms with Crippen molar-refractivity contribution in [2.75, 3.05) is 0 Å². The van der Waals surface area contributed by atoms with Crippen LogP contribution in [0.1, 0.15) is 166 Å². The average Bonchev–Trinajstić information content (AvgIpc) is 2.85. The maximum absolute atomic E-state index is 11.9. The zero-order valence-corrected chi connectivity index (χ0v) is 24.7. The molecule has 0 unspecified atom stereocenters. The van der Waals surface area contributed by atoms with Crippen LogP contribution in [0, 0.1) is 0 Å². The first-order valence-electron chi connectivity index (χ1n) is 15.6. The van der Waals surface area contributed by atoms with Gasteiger partial charge in [-0.25, -0.2) is 0 Å². The van der Waals surface area contributed by atoms with E-state index in [1.54, 1.807) is 6.07 Å². The molecule has 0 amide bonds. The summed E-state index contributed by atoms with van der Waals surface area (Å²) >= 11 is 0. The highest BCUT2D eigenvalue weighted by Crippen LogP contribution is 2.22. The first-order chi connectivity index (χ1) is 17.5. The summed E-state index contributed by atoms with van der Waals surface area (Å²) in [7, 11) is -4.16. The van der Waals surface area contributed by atoms with Crippen LogP contribution in [-0.4, -0.2) is 13.0 Å². The molecule has 0 radical (unpaired) electrons. The lowest BCUT2D eigenvalue weighted by molar-refractivity contribution is 0.481. The average molecular weight is 523 g/mol. The fourth-order valence-electron chi connectivity index (χ4n) is 5.21. The Morgan fingerprint density at radius 1 is 0.528 bits per heavy atom. The first kappa shape index (κ1) is 33.2. The Labute approximate surface area is 225 Å². The Balaban J connectivity index is 2.26. The molecule has 4 heteroatoms.